The predicted molar refractivity (Wildman–Crippen MR) is 89.1 cm³/mol. The predicted octanol–water partition coefficient (Wildman–Crippen LogP) is 3.12. The summed E-state index contributed by atoms with van der Waals surface area (Å²) < 4.78 is 5.71. The number of hydrogen-bond donors (Lipinski definition) is 0. The third-order valence-corrected chi connectivity index (χ3v) is 3.52. The number of carbonyl (C=O) groups excluding carboxylic acids is 1. The van der Waals surface area contributed by atoms with E-state index in [9.17, 15) is 4.79 Å². The highest BCUT2D eigenvalue weighted by molar-refractivity contribution is 5.94. The van der Waals surface area contributed by atoms with Crippen LogP contribution in [0.1, 0.15) is 27.9 Å². The lowest BCUT2D eigenvalue weighted by Crippen LogP contribution is -2.27. The van der Waals surface area contributed by atoms with Gasteiger partial charge in [-0.3, -0.25) is 4.79 Å². The van der Waals surface area contributed by atoms with E-state index in [0.717, 1.165) is 5.56 Å². The molecule has 1 amide bonds. The number of nitrogens with zero attached hydrogens (tertiary/aromatic N) is 3. The molecule has 0 N–H and O–H groups in total. The largest absolute Gasteiger partial charge is 0.489 e. The number of benzene rings is 2. The van der Waals surface area contributed by atoms with E-state index in [2.05, 4.69) is 6.07 Å². The summed E-state index contributed by atoms with van der Waals surface area (Å²) in [4.78, 5) is 13.8. The van der Waals surface area contributed by atoms with E-state index < -0.39 is 0 Å². The van der Waals surface area contributed by atoms with Crippen LogP contribution in [-0.4, -0.2) is 24.4 Å². The van der Waals surface area contributed by atoms with Gasteiger partial charge in [-0.05, 0) is 24.3 Å². The van der Waals surface area contributed by atoms with Gasteiger partial charge in [-0.25, -0.2) is 0 Å². The molecular weight excluding hydrogens is 302 g/mol. The van der Waals surface area contributed by atoms with E-state index in [1.165, 1.54) is 4.90 Å². The van der Waals surface area contributed by atoms with Crippen LogP contribution >= 0.6 is 0 Å². The van der Waals surface area contributed by atoms with Crippen LogP contribution < -0.4 is 4.74 Å². The first-order valence-electron chi connectivity index (χ1n) is 7.49. The van der Waals surface area contributed by atoms with E-state index in [0.29, 0.717) is 29.8 Å². The van der Waals surface area contributed by atoms with Gasteiger partial charge in [0.15, 0.2) is 0 Å². The summed E-state index contributed by atoms with van der Waals surface area (Å²) in [5.74, 6) is 0.399. The smallest absolute Gasteiger partial charge is 0.253 e. The fourth-order valence-electron chi connectivity index (χ4n) is 2.17. The van der Waals surface area contributed by atoms with Gasteiger partial charge >= 0.3 is 0 Å². The molecule has 0 aliphatic heterocycles. The Balaban J connectivity index is 2.07. The lowest BCUT2D eigenvalue weighted by Gasteiger charge is -2.16. The highest BCUT2D eigenvalue weighted by Gasteiger charge is 2.12. The molecule has 0 atom stereocenters. The lowest BCUT2D eigenvalue weighted by atomic mass is 10.1. The van der Waals surface area contributed by atoms with Crippen LogP contribution in [0.5, 0.6) is 5.75 Å². The molecule has 0 aliphatic carbocycles. The summed E-state index contributed by atoms with van der Waals surface area (Å²) >= 11 is 0. The third-order valence-electron chi connectivity index (χ3n) is 3.52. The molecule has 2 rings (SSSR count). The molecule has 0 aliphatic rings. The first-order chi connectivity index (χ1) is 11.7. The minimum absolute atomic E-state index is 0.159. The molecule has 0 saturated carbocycles. The molecule has 2 aromatic rings. The van der Waals surface area contributed by atoms with Crippen molar-refractivity contribution in [3.8, 4) is 17.9 Å². The summed E-state index contributed by atoms with van der Waals surface area (Å²) in [6.45, 7) is 0.640. The highest BCUT2D eigenvalue weighted by Crippen LogP contribution is 2.17. The van der Waals surface area contributed by atoms with E-state index in [-0.39, 0.29) is 12.5 Å². The number of amides is 1. The minimum atomic E-state index is -0.159. The first kappa shape index (κ1) is 17.1. The van der Waals surface area contributed by atoms with E-state index >= 15 is 0 Å². The average Bonchev–Trinajstić information content (AvgIpc) is 2.64. The van der Waals surface area contributed by atoms with Gasteiger partial charge < -0.3 is 9.64 Å². The Kier molecular flexibility index (Phi) is 5.94. The normalized spacial score (nSPS) is 9.62. The molecule has 0 radical (unpaired) electrons. The van der Waals surface area contributed by atoms with Crippen LogP contribution in [0.15, 0.2) is 48.5 Å². The molecule has 2 aromatic carbocycles. The van der Waals surface area contributed by atoms with Gasteiger partial charge in [0, 0.05) is 24.7 Å². The molecule has 0 bridgehead atoms. The summed E-state index contributed by atoms with van der Waals surface area (Å²) in [6.07, 6.45) is 0.295. The molecule has 120 valence electrons. The Morgan fingerprint density at radius 2 is 1.96 bits per heavy atom. The second kappa shape index (κ2) is 8.36. The van der Waals surface area contributed by atoms with Crippen molar-refractivity contribution in [2.24, 2.45) is 0 Å². The Bertz CT molecular complexity index is 803. The van der Waals surface area contributed by atoms with Gasteiger partial charge in [0.05, 0.1) is 24.1 Å². The SMILES string of the molecule is CN(CCC#N)C(=O)c1cccc(OCc2ccccc2C#N)c1. The molecule has 0 aromatic heterocycles. The van der Waals surface area contributed by atoms with Crippen molar-refractivity contribution in [1.29, 1.82) is 10.5 Å². The van der Waals surface area contributed by atoms with Gasteiger partial charge in [-0.1, -0.05) is 24.3 Å². The number of carbonyl (C=O) groups is 1. The highest BCUT2D eigenvalue weighted by atomic mass is 16.5. The number of ether oxygens (including phenoxy) is 1. The van der Waals surface area contributed by atoms with Crippen molar-refractivity contribution in [1.82, 2.24) is 4.90 Å². The summed E-state index contributed by atoms with van der Waals surface area (Å²) in [5, 5.41) is 17.7. The van der Waals surface area contributed by atoms with Gasteiger partial charge in [0.2, 0.25) is 0 Å². The van der Waals surface area contributed by atoms with Gasteiger partial charge in [-0.2, -0.15) is 10.5 Å². The zero-order chi connectivity index (χ0) is 17.4. The second-order valence-electron chi connectivity index (χ2n) is 5.22. The summed E-state index contributed by atoms with van der Waals surface area (Å²) in [7, 11) is 1.66. The Morgan fingerprint density at radius 3 is 2.71 bits per heavy atom. The zero-order valence-electron chi connectivity index (χ0n) is 13.4. The van der Waals surface area contributed by atoms with Crippen LogP contribution in [0.2, 0.25) is 0 Å². The van der Waals surface area contributed by atoms with Crippen LogP contribution in [0.3, 0.4) is 0 Å². The second-order valence-corrected chi connectivity index (χ2v) is 5.22. The molecule has 5 nitrogen and oxygen atoms in total. The zero-order valence-corrected chi connectivity index (χ0v) is 13.4. The Morgan fingerprint density at radius 1 is 1.17 bits per heavy atom. The molecule has 0 saturated heterocycles. The van der Waals surface area contributed by atoms with E-state index in [4.69, 9.17) is 15.3 Å². The van der Waals surface area contributed by atoms with Gasteiger partial charge in [0.1, 0.15) is 12.4 Å². The van der Waals surface area contributed by atoms with Gasteiger partial charge in [-0.15, -0.1) is 0 Å². The molecule has 0 fully saturated rings. The monoisotopic (exact) mass is 319 g/mol. The maximum absolute atomic E-state index is 12.3. The molecule has 24 heavy (non-hydrogen) atoms. The molecule has 5 heteroatoms. The summed E-state index contributed by atoms with van der Waals surface area (Å²) in [5.41, 5.74) is 1.87. The molecule has 0 unspecified atom stereocenters. The van der Waals surface area contributed by atoms with Crippen molar-refractivity contribution >= 4 is 5.91 Å². The van der Waals surface area contributed by atoms with Crippen molar-refractivity contribution in [2.45, 2.75) is 13.0 Å². The Labute approximate surface area is 141 Å². The van der Waals surface area contributed by atoms with Gasteiger partial charge in [0.25, 0.3) is 5.91 Å². The number of rotatable bonds is 6. The van der Waals surface area contributed by atoms with E-state index in [1.807, 2.05) is 18.2 Å². The average molecular weight is 319 g/mol. The lowest BCUT2D eigenvalue weighted by molar-refractivity contribution is 0.0797. The minimum Gasteiger partial charge on any atom is -0.489 e. The Hall–Kier alpha value is -3.31. The van der Waals surface area contributed by atoms with Crippen LogP contribution in [0, 0.1) is 22.7 Å². The van der Waals surface area contributed by atoms with E-state index in [1.54, 1.807) is 43.4 Å². The van der Waals surface area contributed by atoms with Crippen LogP contribution in [-0.2, 0) is 6.61 Å². The fourth-order valence-corrected chi connectivity index (χ4v) is 2.17. The van der Waals surface area contributed by atoms with Crippen LogP contribution in [0.4, 0.5) is 0 Å². The number of nitriles is 2. The van der Waals surface area contributed by atoms with Crippen molar-refractivity contribution in [3.05, 3.63) is 65.2 Å². The standard InChI is InChI=1S/C19H17N3O2/c1-22(11-5-10-20)19(23)15-8-4-9-18(12-15)24-14-17-7-3-2-6-16(17)13-21/h2-4,6-9,12H,5,11,14H2,1H3. The maximum atomic E-state index is 12.3. The maximum Gasteiger partial charge on any atom is 0.253 e. The topological polar surface area (TPSA) is 77.1 Å². The first-order valence-corrected chi connectivity index (χ1v) is 7.49. The van der Waals surface area contributed by atoms with Crippen molar-refractivity contribution < 1.29 is 9.53 Å². The molecule has 0 spiro atoms. The third kappa shape index (κ3) is 4.34. The summed E-state index contributed by atoms with van der Waals surface area (Å²) in [6, 6.07) is 18.3. The van der Waals surface area contributed by atoms with Crippen LogP contribution in [0.25, 0.3) is 0 Å². The fraction of sp³-hybridized carbons (Fsp3) is 0.211. The van der Waals surface area contributed by atoms with Crippen molar-refractivity contribution in [3.63, 3.8) is 0 Å². The number of hydrogen-bond acceptors (Lipinski definition) is 4. The van der Waals surface area contributed by atoms with Crippen molar-refractivity contribution in [2.75, 3.05) is 13.6 Å². The quantitative estimate of drug-likeness (QED) is 0.819. The molecule has 0 heterocycles. The molecular formula is C19H17N3O2.